The molecule has 0 aliphatic carbocycles. The summed E-state index contributed by atoms with van der Waals surface area (Å²) in [7, 11) is 2.26. The predicted octanol–water partition coefficient (Wildman–Crippen LogP) is 3.69. The maximum absolute atomic E-state index is 2.53. The third-order valence-corrected chi connectivity index (χ3v) is 2.85. The Morgan fingerprint density at radius 3 is 1.62 bits per heavy atom. The molecule has 80 valence electrons. The Morgan fingerprint density at radius 2 is 1.38 bits per heavy atom. The average Bonchev–Trinajstić information content (AvgIpc) is 2.01. The summed E-state index contributed by atoms with van der Waals surface area (Å²) in [6.45, 7) is 11.4. The van der Waals surface area contributed by atoms with Crippen molar-refractivity contribution >= 4 is 0 Å². The van der Waals surface area contributed by atoms with Gasteiger partial charge in [-0.1, -0.05) is 26.7 Å². The first-order valence-corrected chi connectivity index (χ1v) is 5.66. The van der Waals surface area contributed by atoms with Gasteiger partial charge in [0.15, 0.2) is 0 Å². The van der Waals surface area contributed by atoms with E-state index in [9.17, 15) is 0 Å². The van der Waals surface area contributed by atoms with E-state index in [1.807, 2.05) is 0 Å². The van der Waals surface area contributed by atoms with Crippen LogP contribution in [0.3, 0.4) is 0 Å². The van der Waals surface area contributed by atoms with E-state index >= 15 is 0 Å². The number of nitrogens with zero attached hydrogens (tertiary/aromatic N) is 1. The van der Waals surface area contributed by atoms with Gasteiger partial charge in [0, 0.05) is 11.6 Å². The average molecular weight is 185 g/mol. The molecule has 13 heavy (non-hydrogen) atoms. The molecule has 0 aromatic rings. The van der Waals surface area contributed by atoms with Gasteiger partial charge in [0.05, 0.1) is 0 Å². The minimum absolute atomic E-state index is 0.314. The standard InChI is InChI=1S/C12H27N/c1-7-9-11(10-8-2)13(6)12(3,4)5/h11H,7-10H2,1-6H3. The third-order valence-electron chi connectivity index (χ3n) is 2.85. The second-order valence-corrected chi connectivity index (χ2v) is 5.01. The highest BCUT2D eigenvalue weighted by atomic mass is 15.2. The molecule has 0 spiro atoms. The molecule has 0 unspecified atom stereocenters. The van der Waals surface area contributed by atoms with Crippen LogP contribution in [0.4, 0.5) is 0 Å². The van der Waals surface area contributed by atoms with Gasteiger partial charge in [-0.05, 0) is 40.7 Å². The Labute approximate surface area is 84.5 Å². The Kier molecular flexibility index (Phi) is 5.62. The second kappa shape index (κ2) is 5.64. The molecule has 0 atom stereocenters. The van der Waals surface area contributed by atoms with E-state index in [0.29, 0.717) is 5.54 Å². The molecule has 0 fully saturated rings. The first kappa shape index (κ1) is 13.0. The Hall–Kier alpha value is -0.0400. The first-order valence-electron chi connectivity index (χ1n) is 5.66. The van der Waals surface area contributed by atoms with Crippen molar-refractivity contribution in [2.45, 2.75) is 71.9 Å². The largest absolute Gasteiger partial charge is 0.299 e. The zero-order valence-electron chi connectivity index (χ0n) is 10.4. The fraction of sp³-hybridized carbons (Fsp3) is 1.00. The van der Waals surface area contributed by atoms with E-state index in [1.54, 1.807) is 0 Å². The molecule has 0 radical (unpaired) electrons. The summed E-state index contributed by atoms with van der Waals surface area (Å²) in [5.41, 5.74) is 0.314. The van der Waals surface area contributed by atoms with Gasteiger partial charge in [0.25, 0.3) is 0 Å². The first-order chi connectivity index (χ1) is 5.93. The van der Waals surface area contributed by atoms with Crippen molar-refractivity contribution in [1.82, 2.24) is 4.90 Å². The zero-order chi connectivity index (χ0) is 10.5. The van der Waals surface area contributed by atoms with Crippen LogP contribution in [0.5, 0.6) is 0 Å². The summed E-state index contributed by atoms with van der Waals surface area (Å²) in [6, 6.07) is 0.773. The van der Waals surface area contributed by atoms with Crippen LogP contribution in [0.1, 0.15) is 60.3 Å². The van der Waals surface area contributed by atoms with Gasteiger partial charge in [-0.25, -0.2) is 0 Å². The fourth-order valence-electron chi connectivity index (χ4n) is 1.75. The van der Waals surface area contributed by atoms with Gasteiger partial charge >= 0.3 is 0 Å². The Morgan fingerprint density at radius 1 is 1.00 bits per heavy atom. The molecule has 0 amide bonds. The van der Waals surface area contributed by atoms with Crippen molar-refractivity contribution in [2.75, 3.05) is 7.05 Å². The van der Waals surface area contributed by atoms with Gasteiger partial charge in [0.1, 0.15) is 0 Å². The molecule has 0 aromatic heterocycles. The predicted molar refractivity (Wildman–Crippen MR) is 61.1 cm³/mol. The quantitative estimate of drug-likeness (QED) is 0.631. The Bertz CT molecular complexity index is 118. The van der Waals surface area contributed by atoms with Gasteiger partial charge in [-0.15, -0.1) is 0 Å². The normalized spacial score (nSPS) is 12.9. The molecule has 0 N–H and O–H groups in total. The highest BCUT2D eigenvalue weighted by Gasteiger charge is 2.23. The molecule has 0 heterocycles. The minimum atomic E-state index is 0.314. The van der Waals surface area contributed by atoms with Gasteiger partial charge < -0.3 is 0 Å². The van der Waals surface area contributed by atoms with Crippen LogP contribution in [-0.4, -0.2) is 23.5 Å². The van der Waals surface area contributed by atoms with Crippen LogP contribution in [0, 0.1) is 0 Å². The van der Waals surface area contributed by atoms with Crippen LogP contribution < -0.4 is 0 Å². The van der Waals surface area contributed by atoms with Crippen molar-refractivity contribution in [3.63, 3.8) is 0 Å². The number of rotatable bonds is 5. The van der Waals surface area contributed by atoms with Crippen molar-refractivity contribution in [3.05, 3.63) is 0 Å². The van der Waals surface area contributed by atoms with Crippen molar-refractivity contribution in [2.24, 2.45) is 0 Å². The van der Waals surface area contributed by atoms with Crippen LogP contribution in [0.15, 0.2) is 0 Å². The molecule has 0 rings (SSSR count). The number of hydrogen-bond donors (Lipinski definition) is 0. The zero-order valence-corrected chi connectivity index (χ0v) is 10.4. The van der Waals surface area contributed by atoms with Crippen LogP contribution in [0.25, 0.3) is 0 Å². The molecule has 0 saturated carbocycles. The molecule has 0 aliphatic rings. The summed E-state index contributed by atoms with van der Waals surface area (Å²) in [5.74, 6) is 0. The molecule has 0 saturated heterocycles. The van der Waals surface area contributed by atoms with Crippen molar-refractivity contribution in [3.8, 4) is 0 Å². The van der Waals surface area contributed by atoms with Gasteiger partial charge in [-0.3, -0.25) is 4.90 Å². The Balaban J connectivity index is 4.18. The van der Waals surface area contributed by atoms with E-state index in [-0.39, 0.29) is 0 Å². The lowest BCUT2D eigenvalue weighted by atomic mass is 9.98. The van der Waals surface area contributed by atoms with E-state index in [2.05, 4.69) is 46.6 Å². The van der Waals surface area contributed by atoms with Crippen LogP contribution >= 0.6 is 0 Å². The summed E-state index contributed by atoms with van der Waals surface area (Å²) in [6.07, 6.45) is 5.26. The smallest absolute Gasteiger partial charge is 0.0124 e. The van der Waals surface area contributed by atoms with E-state index in [1.165, 1.54) is 25.7 Å². The maximum atomic E-state index is 2.53. The van der Waals surface area contributed by atoms with Crippen LogP contribution in [-0.2, 0) is 0 Å². The highest BCUT2D eigenvalue weighted by Crippen LogP contribution is 2.20. The molecule has 1 nitrogen and oxygen atoms in total. The molecular weight excluding hydrogens is 158 g/mol. The SMILES string of the molecule is CCCC(CCC)N(C)C(C)(C)C. The molecule has 1 heteroatoms. The summed E-state index contributed by atoms with van der Waals surface area (Å²) in [4.78, 5) is 2.53. The molecule has 0 bridgehead atoms. The molecule has 0 aliphatic heterocycles. The lowest BCUT2D eigenvalue weighted by Crippen LogP contribution is -2.45. The van der Waals surface area contributed by atoms with E-state index in [4.69, 9.17) is 0 Å². The van der Waals surface area contributed by atoms with Crippen molar-refractivity contribution < 1.29 is 0 Å². The minimum Gasteiger partial charge on any atom is -0.299 e. The van der Waals surface area contributed by atoms with E-state index in [0.717, 1.165) is 6.04 Å². The topological polar surface area (TPSA) is 3.24 Å². The lowest BCUT2D eigenvalue weighted by molar-refractivity contribution is 0.103. The molecular formula is C12H27N. The summed E-state index contributed by atoms with van der Waals surface area (Å²) >= 11 is 0. The highest BCUT2D eigenvalue weighted by molar-refractivity contribution is 4.79. The summed E-state index contributed by atoms with van der Waals surface area (Å²) in [5, 5.41) is 0. The van der Waals surface area contributed by atoms with Crippen molar-refractivity contribution in [1.29, 1.82) is 0 Å². The number of hydrogen-bond acceptors (Lipinski definition) is 1. The summed E-state index contributed by atoms with van der Waals surface area (Å²) < 4.78 is 0. The van der Waals surface area contributed by atoms with E-state index < -0.39 is 0 Å². The third kappa shape index (κ3) is 4.66. The van der Waals surface area contributed by atoms with Crippen LogP contribution in [0.2, 0.25) is 0 Å². The maximum Gasteiger partial charge on any atom is 0.0124 e. The van der Waals surface area contributed by atoms with Gasteiger partial charge in [-0.2, -0.15) is 0 Å². The lowest BCUT2D eigenvalue weighted by Gasteiger charge is -2.38. The fourth-order valence-corrected chi connectivity index (χ4v) is 1.75. The molecule has 0 aromatic carbocycles. The second-order valence-electron chi connectivity index (χ2n) is 5.01. The monoisotopic (exact) mass is 185 g/mol. The van der Waals surface area contributed by atoms with Gasteiger partial charge in [0.2, 0.25) is 0 Å².